The zero-order valence-electron chi connectivity index (χ0n) is 16.5. The highest BCUT2D eigenvalue weighted by atomic mass is 16.5. The van der Waals surface area contributed by atoms with Crippen LogP contribution in [0.1, 0.15) is 30.2 Å². The molecule has 0 bridgehead atoms. The number of nitrogens with one attached hydrogen (secondary N) is 1. The summed E-state index contributed by atoms with van der Waals surface area (Å²) in [5, 5.41) is 8.26. The molecule has 0 radical (unpaired) electrons. The van der Waals surface area contributed by atoms with E-state index in [4.69, 9.17) is 4.74 Å². The molecule has 2 aromatic carbocycles. The third kappa shape index (κ3) is 2.45. The standard InChI is InChI=1S/C23H22N4O3/c28-21(12-18-16-8-4-5-9-17(16)24-25-18)26-11-10-23-20(26)13-22(29)27(23)14-19(30-23)15-6-2-1-3-7-15/h1-9,19-20H,10-14H2,(H,24,25)/t19-,20+,23-/m0/s1. The molecule has 152 valence electrons. The number of fused-ring (bicyclic) bond motifs is 1. The molecule has 6 rings (SSSR count). The van der Waals surface area contributed by atoms with Crippen molar-refractivity contribution in [1.29, 1.82) is 0 Å². The monoisotopic (exact) mass is 402 g/mol. The minimum Gasteiger partial charge on any atom is -0.343 e. The van der Waals surface area contributed by atoms with Crippen molar-refractivity contribution in [3.63, 3.8) is 0 Å². The average molecular weight is 402 g/mol. The molecular formula is C23H22N4O3. The zero-order valence-corrected chi connectivity index (χ0v) is 16.5. The van der Waals surface area contributed by atoms with Gasteiger partial charge in [0.25, 0.3) is 0 Å². The van der Waals surface area contributed by atoms with Crippen molar-refractivity contribution in [3.05, 3.63) is 65.9 Å². The summed E-state index contributed by atoms with van der Waals surface area (Å²) in [5.74, 6) is 0.0793. The van der Waals surface area contributed by atoms with Crippen LogP contribution in [0.15, 0.2) is 54.6 Å². The Labute approximate surface area is 173 Å². The van der Waals surface area contributed by atoms with Gasteiger partial charge in [-0.1, -0.05) is 48.5 Å². The highest BCUT2D eigenvalue weighted by molar-refractivity contribution is 5.89. The Morgan fingerprint density at radius 3 is 2.83 bits per heavy atom. The summed E-state index contributed by atoms with van der Waals surface area (Å²) in [4.78, 5) is 29.7. The van der Waals surface area contributed by atoms with Gasteiger partial charge in [-0.2, -0.15) is 5.10 Å². The highest BCUT2D eigenvalue weighted by Crippen LogP contribution is 2.50. The molecule has 0 unspecified atom stereocenters. The van der Waals surface area contributed by atoms with Gasteiger partial charge in [0, 0.05) is 18.4 Å². The minimum atomic E-state index is -0.691. The molecule has 1 aromatic heterocycles. The van der Waals surface area contributed by atoms with Crippen LogP contribution in [0.25, 0.3) is 10.9 Å². The Hall–Kier alpha value is -3.19. The van der Waals surface area contributed by atoms with E-state index in [0.717, 1.165) is 22.2 Å². The van der Waals surface area contributed by atoms with Gasteiger partial charge in [-0.05, 0) is 11.6 Å². The average Bonchev–Trinajstić information content (AvgIpc) is 3.50. The number of benzene rings is 2. The second-order valence-electron chi connectivity index (χ2n) is 8.32. The van der Waals surface area contributed by atoms with Gasteiger partial charge in [-0.15, -0.1) is 0 Å². The molecule has 4 heterocycles. The Balaban J connectivity index is 1.26. The van der Waals surface area contributed by atoms with Crippen molar-refractivity contribution < 1.29 is 14.3 Å². The number of ether oxygens (including phenoxy) is 1. The van der Waals surface area contributed by atoms with E-state index in [2.05, 4.69) is 10.2 Å². The van der Waals surface area contributed by atoms with Crippen molar-refractivity contribution in [1.82, 2.24) is 20.0 Å². The van der Waals surface area contributed by atoms with E-state index in [9.17, 15) is 9.59 Å². The van der Waals surface area contributed by atoms with Crippen LogP contribution in [0, 0.1) is 0 Å². The van der Waals surface area contributed by atoms with Gasteiger partial charge in [0.1, 0.15) is 6.10 Å². The van der Waals surface area contributed by atoms with Gasteiger partial charge in [0.15, 0.2) is 5.72 Å². The molecule has 3 fully saturated rings. The first kappa shape index (κ1) is 17.7. The van der Waals surface area contributed by atoms with Gasteiger partial charge in [-0.25, -0.2) is 0 Å². The number of hydrogen-bond donors (Lipinski definition) is 1. The van der Waals surface area contributed by atoms with Crippen LogP contribution in [0.5, 0.6) is 0 Å². The third-order valence-corrected chi connectivity index (χ3v) is 6.79. The molecule has 3 saturated heterocycles. The number of amides is 2. The summed E-state index contributed by atoms with van der Waals surface area (Å²) in [5.41, 5.74) is 2.04. The first-order valence-electron chi connectivity index (χ1n) is 10.4. The van der Waals surface area contributed by atoms with Crippen LogP contribution in [0.3, 0.4) is 0 Å². The van der Waals surface area contributed by atoms with Gasteiger partial charge >= 0.3 is 0 Å². The normalized spacial score (nSPS) is 27.7. The van der Waals surface area contributed by atoms with E-state index in [-0.39, 0.29) is 30.4 Å². The number of carbonyl (C=O) groups excluding carboxylic acids is 2. The zero-order chi connectivity index (χ0) is 20.3. The predicted molar refractivity (Wildman–Crippen MR) is 109 cm³/mol. The number of H-pyrrole nitrogens is 1. The van der Waals surface area contributed by atoms with Gasteiger partial charge in [0.2, 0.25) is 11.8 Å². The lowest BCUT2D eigenvalue weighted by molar-refractivity contribution is -0.142. The SMILES string of the molecule is O=C(Cc1[nH]nc2ccccc12)N1CC[C@@]23O[C@H](c4ccccc4)CN2C(=O)C[C@@H]13. The third-order valence-electron chi connectivity index (χ3n) is 6.79. The lowest BCUT2D eigenvalue weighted by atomic mass is 10.1. The Morgan fingerprint density at radius 1 is 1.17 bits per heavy atom. The smallest absolute Gasteiger partial charge is 0.229 e. The number of aromatic amines is 1. The number of hydrogen-bond acceptors (Lipinski definition) is 4. The second-order valence-corrected chi connectivity index (χ2v) is 8.32. The molecule has 7 heteroatoms. The van der Waals surface area contributed by atoms with E-state index in [1.54, 1.807) is 0 Å². The summed E-state index contributed by atoms with van der Waals surface area (Å²) >= 11 is 0. The number of carbonyl (C=O) groups is 2. The summed E-state index contributed by atoms with van der Waals surface area (Å²) in [6.45, 7) is 1.15. The van der Waals surface area contributed by atoms with Crippen LogP contribution in [0.2, 0.25) is 0 Å². The highest BCUT2D eigenvalue weighted by Gasteiger charge is 2.64. The topological polar surface area (TPSA) is 78.5 Å². The molecule has 30 heavy (non-hydrogen) atoms. The fraction of sp³-hybridized carbons (Fsp3) is 0.348. The molecule has 3 aliphatic heterocycles. The molecule has 1 N–H and O–H groups in total. The fourth-order valence-electron chi connectivity index (χ4n) is 5.37. The Kier molecular flexibility index (Phi) is 3.77. The van der Waals surface area contributed by atoms with Crippen molar-refractivity contribution in [2.75, 3.05) is 13.1 Å². The van der Waals surface area contributed by atoms with Crippen molar-refractivity contribution in [3.8, 4) is 0 Å². The molecule has 7 nitrogen and oxygen atoms in total. The van der Waals surface area contributed by atoms with E-state index in [0.29, 0.717) is 25.9 Å². The molecule has 3 aromatic rings. The van der Waals surface area contributed by atoms with Crippen molar-refractivity contribution >= 4 is 22.7 Å². The number of para-hydroxylation sites is 1. The van der Waals surface area contributed by atoms with Gasteiger partial charge in [-0.3, -0.25) is 14.7 Å². The quantitative estimate of drug-likeness (QED) is 0.730. The lowest BCUT2D eigenvalue weighted by Crippen LogP contribution is -2.49. The Bertz CT molecular complexity index is 1140. The van der Waals surface area contributed by atoms with Crippen LogP contribution >= 0.6 is 0 Å². The first-order valence-corrected chi connectivity index (χ1v) is 10.4. The van der Waals surface area contributed by atoms with Crippen LogP contribution in [-0.2, 0) is 20.7 Å². The number of likely N-dealkylation sites (tertiary alicyclic amines) is 1. The van der Waals surface area contributed by atoms with Crippen molar-refractivity contribution in [2.45, 2.75) is 37.1 Å². The van der Waals surface area contributed by atoms with Gasteiger partial charge < -0.3 is 14.5 Å². The molecular weight excluding hydrogens is 380 g/mol. The van der Waals surface area contributed by atoms with Gasteiger partial charge in [0.05, 0.1) is 36.6 Å². The fourth-order valence-corrected chi connectivity index (χ4v) is 5.37. The van der Waals surface area contributed by atoms with E-state index < -0.39 is 5.72 Å². The summed E-state index contributed by atoms with van der Waals surface area (Å²) < 4.78 is 6.53. The van der Waals surface area contributed by atoms with Crippen LogP contribution < -0.4 is 0 Å². The minimum absolute atomic E-state index is 0.00712. The van der Waals surface area contributed by atoms with E-state index in [1.807, 2.05) is 64.4 Å². The maximum absolute atomic E-state index is 13.2. The maximum Gasteiger partial charge on any atom is 0.229 e. The largest absolute Gasteiger partial charge is 0.343 e. The molecule has 0 aliphatic carbocycles. The lowest BCUT2D eigenvalue weighted by Gasteiger charge is -2.32. The molecule has 0 saturated carbocycles. The first-order chi connectivity index (χ1) is 14.7. The molecule has 1 spiro atoms. The molecule has 3 aliphatic rings. The summed E-state index contributed by atoms with van der Waals surface area (Å²) in [6.07, 6.45) is 1.08. The number of rotatable bonds is 3. The van der Waals surface area contributed by atoms with Crippen LogP contribution in [0.4, 0.5) is 0 Å². The number of nitrogens with zero attached hydrogens (tertiary/aromatic N) is 3. The molecule has 3 atom stereocenters. The van der Waals surface area contributed by atoms with Crippen LogP contribution in [-0.4, -0.2) is 56.7 Å². The second kappa shape index (κ2) is 6.40. The van der Waals surface area contributed by atoms with E-state index in [1.165, 1.54) is 0 Å². The number of aromatic nitrogens is 2. The predicted octanol–water partition coefficient (Wildman–Crippen LogP) is 2.41. The van der Waals surface area contributed by atoms with Crippen molar-refractivity contribution in [2.24, 2.45) is 0 Å². The Morgan fingerprint density at radius 2 is 1.97 bits per heavy atom. The maximum atomic E-state index is 13.2. The summed E-state index contributed by atoms with van der Waals surface area (Å²) in [6, 6.07) is 17.5. The summed E-state index contributed by atoms with van der Waals surface area (Å²) in [7, 11) is 0. The molecule has 2 amide bonds. The van der Waals surface area contributed by atoms with E-state index >= 15 is 0 Å².